The monoisotopic (exact) mass is 259 g/mol. The lowest BCUT2D eigenvalue weighted by Gasteiger charge is -1.97. The van der Waals surface area contributed by atoms with E-state index in [1.165, 1.54) is 21.4 Å². The SMILES string of the molecule is O=C(O)c1ccoc1Cn1nc2ccccn2c1=O. The van der Waals surface area contributed by atoms with E-state index in [0.29, 0.717) is 5.65 Å². The van der Waals surface area contributed by atoms with Gasteiger partial charge in [0.2, 0.25) is 0 Å². The second-order valence-corrected chi connectivity index (χ2v) is 3.93. The predicted molar refractivity (Wildman–Crippen MR) is 64.2 cm³/mol. The second-order valence-electron chi connectivity index (χ2n) is 3.93. The molecule has 7 nitrogen and oxygen atoms in total. The van der Waals surface area contributed by atoms with Crippen LogP contribution in [-0.2, 0) is 6.54 Å². The zero-order chi connectivity index (χ0) is 13.4. The van der Waals surface area contributed by atoms with Crippen molar-refractivity contribution < 1.29 is 14.3 Å². The lowest BCUT2D eigenvalue weighted by atomic mass is 10.2. The Balaban J connectivity index is 2.06. The van der Waals surface area contributed by atoms with Crippen LogP contribution in [0.3, 0.4) is 0 Å². The minimum Gasteiger partial charge on any atom is -0.478 e. The molecule has 0 saturated heterocycles. The van der Waals surface area contributed by atoms with Crippen molar-refractivity contribution in [1.29, 1.82) is 0 Å². The van der Waals surface area contributed by atoms with Crippen LogP contribution in [0.1, 0.15) is 16.1 Å². The third-order valence-corrected chi connectivity index (χ3v) is 2.76. The molecule has 0 unspecified atom stereocenters. The Morgan fingerprint density at radius 1 is 1.37 bits per heavy atom. The van der Waals surface area contributed by atoms with Crippen molar-refractivity contribution in [2.24, 2.45) is 0 Å². The van der Waals surface area contributed by atoms with Crippen molar-refractivity contribution in [2.75, 3.05) is 0 Å². The van der Waals surface area contributed by atoms with Gasteiger partial charge in [-0.1, -0.05) is 6.07 Å². The highest BCUT2D eigenvalue weighted by molar-refractivity contribution is 5.88. The van der Waals surface area contributed by atoms with E-state index in [-0.39, 0.29) is 23.6 Å². The van der Waals surface area contributed by atoms with Gasteiger partial charge in [0.25, 0.3) is 0 Å². The van der Waals surface area contributed by atoms with Crippen LogP contribution in [0.2, 0.25) is 0 Å². The van der Waals surface area contributed by atoms with E-state index in [0.717, 1.165) is 0 Å². The minimum absolute atomic E-state index is 0.0187. The Morgan fingerprint density at radius 3 is 2.95 bits per heavy atom. The van der Waals surface area contributed by atoms with E-state index in [1.807, 2.05) is 0 Å². The topological polar surface area (TPSA) is 89.7 Å². The fraction of sp³-hybridized carbons (Fsp3) is 0.0833. The van der Waals surface area contributed by atoms with Gasteiger partial charge in [-0.3, -0.25) is 4.40 Å². The van der Waals surface area contributed by atoms with Gasteiger partial charge in [0.15, 0.2) is 5.65 Å². The molecule has 0 bridgehead atoms. The van der Waals surface area contributed by atoms with Crippen LogP contribution in [0.25, 0.3) is 5.65 Å². The average Bonchev–Trinajstić information content (AvgIpc) is 2.97. The molecule has 0 fully saturated rings. The van der Waals surface area contributed by atoms with Gasteiger partial charge in [0, 0.05) is 6.20 Å². The molecule has 0 aliphatic carbocycles. The Hall–Kier alpha value is -2.83. The van der Waals surface area contributed by atoms with E-state index >= 15 is 0 Å². The summed E-state index contributed by atoms with van der Waals surface area (Å²) in [4.78, 5) is 23.0. The third-order valence-electron chi connectivity index (χ3n) is 2.76. The number of aromatic carboxylic acids is 1. The molecule has 7 heteroatoms. The number of carboxylic acids is 1. The fourth-order valence-electron chi connectivity index (χ4n) is 1.86. The molecule has 19 heavy (non-hydrogen) atoms. The third kappa shape index (κ3) is 1.81. The lowest BCUT2D eigenvalue weighted by Crippen LogP contribution is -2.22. The van der Waals surface area contributed by atoms with Gasteiger partial charge in [0.05, 0.1) is 6.26 Å². The normalized spacial score (nSPS) is 10.9. The number of hydrogen-bond acceptors (Lipinski definition) is 4. The van der Waals surface area contributed by atoms with Crippen LogP contribution < -0.4 is 5.69 Å². The molecule has 0 saturated carbocycles. The van der Waals surface area contributed by atoms with Crippen molar-refractivity contribution in [3.05, 3.63) is 58.5 Å². The molecule has 3 heterocycles. The second kappa shape index (κ2) is 4.13. The summed E-state index contributed by atoms with van der Waals surface area (Å²) in [7, 11) is 0. The first-order valence-corrected chi connectivity index (χ1v) is 5.50. The molecule has 0 aromatic carbocycles. The van der Waals surface area contributed by atoms with Gasteiger partial charge in [-0.05, 0) is 18.2 Å². The Kier molecular flexibility index (Phi) is 2.45. The van der Waals surface area contributed by atoms with E-state index in [4.69, 9.17) is 9.52 Å². The zero-order valence-corrected chi connectivity index (χ0v) is 9.68. The van der Waals surface area contributed by atoms with Crippen LogP contribution in [0.15, 0.2) is 45.9 Å². The molecule has 3 aromatic rings. The van der Waals surface area contributed by atoms with E-state index < -0.39 is 5.97 Å². The predicted octanol–water partition coefficient (Wildman–Crippen LogP) is 0.835. The standard InChI is InChI=1S/C12H9N3O4/c16-11(17)8-4-6-19-9(8)7-15-12(18)14-5-2-1-3-10(14)13-15/h1-6H,7H2,(H,16,17). The van der Waals surface area contributed by atoms with Crippen molar-refractivity contribution in [3.8, 4) is 0 Å². The molecular formula is C12H9N3O4. The highest BCUT2D eigenvalue weighted by atomic mass is 16.4. The Labute approximate surface area is 106 Å². The van der Waals surface area contributed by atoms with Crippen molar-refractivity contribution in [3.63, 3.8) is 0 Å². The van der Waals surface area contributed by atoms with Gasteiger partial charge in [-0.25, -0.2) is 14.3 Å². The number of furan rings is 1. The maximum absolute atomic E-state index is 12.0. The zero-order valence-electron chi connectivity index (χ0n) is 9.68. The molecule has 3 rings (SSSR count). The summed E-state index contributed by atoms with van der Waals surface area (Å²) in [5, 5.41) is 13.1. The Morgan fingerprint density at radius 2 is 2.21 bits per heavy atom. The maximum atomic E-state index is 12.0. The molecule has 96 valence electrons. The first-order valence-electron chi connectivity index (χ1n) is 5.50. The van der Waals surface area contributed by atoms with Crippen LogP contribution in [0, 0.1) is 0 Å². The van der Waals surface area contributed by atoms with Crippen LogP contribution in [0.4, 0.5) is 0 Å². The van der Waals surface area contributed by atoms with Gasteiger partial charge >= 0.3 is 11.7 Å². The summed E-state index contributed by atoms with van der Waals surface area (Å²) in [6.45, 7) is -0.0187. The molecule has 0 aliphatic heterocycles. The summed E-state index contributed by atoms with van der Waals surface area (Å²) in [6.07, 6.45) is 2.88. The summed E-state index contributed by atoms with van der Waals surface area (Å²) < 4.78 is 7.64. The van der Waals surface area contributed by atoms with Gasteiger partial charge in [-0.2, -0.15) is 0 Å². The molecule has 0 amide bonds. The highest BCUT2D eigenvalue weighted by Gasteiger charge is 2.16. The summed E-state index contributed by atoms with van der Waals surface area (Å²) >= 11 is 0. The van der Waals surface area contributed by atoms with Crippen molar-refractivity contribution >= 4 is 11.6 Å². The molecule has 0 spiro atoms. The van der Waals surface area contributed by atoms with E-state index in [1.54, 1.807) is 24.4 Å². The molecule has 0 atom stereocenters. The highest BCUT2D eigenvalue weighted by Crippen LogP contribution is 2.11. The number of pyridine rings is 1. The first-order chi connectivity index (χ1) is 9.16. The Bertz CT molecular complexity index is 812. The number of aromatic nitrogens is 3. The number of carbonyl (C=O) groups is 1. The number of hydrogen-bond donors (Lipinski definition) is 1. The lowest BCUT2D eigenvalue weighted by molar-refractivity contribution is 0.0694. The molecule has 0 aliphatic rings. The summed E-state index contributed by atoms with van der Waals surface area (Å²) in [5.74, 6) is -0.904. The summed E-state index contributed by atoms with van der Waals surface area (Å²) in [6, 6.07) is 6.52. The van der Waals surface area contributed by atoms with Crippen LogP contribution >= 0.6 is 0 Å². The molecule has 0 radical (unpaired) electrons. The molecule has 1 N–H and O–H groups in total. The van der Waals surface area contributed by atoms with Crippen molar-refractivity contribution in [1.82, 2.24) is 14.2 Å². The number of nitrogens with zero attached hydrogens (tertiary/aromatic N) is 3. The van der Waals surface area contributed by atoms with Crippen LogP contribution in [0.5, 0.6) is 0 Å². The number of fused-ring (bicyclic) bond motifs is 1. The fourth-order valence-corrected chi connectivity index (χ4v) is 1.86. The van der Waals surface area contributed by atoms with Gasteiger partial charge < -0.3 is 9.52 Å². The quantitative estimate of drug-likeness (QED) is 0.752. The summed E-state index contributed by atoms with van der Waals surface area (Å²) in [5.41, 5.74) is 0.184. The van der Waals surface area contributed by atoms with Crippen LogP contribution in [-0.4, -0.2) is 25.3 Å². The number of carboxylic acid groups (broad SMARTS) is 1. The first kappa shape index (κ1) is 11.3. The maximum Gasteiger partial charge on any atom is 0.350 e. The largest absolute Gasteiger partial charge is 0.478 e. The van der Waals surface area contributed by atoms with Crippen molar-refractivity contribution in [2.45, 2.75) is 6.54 Å². The average molecular weight is 259 g/mol. The smallest absolute Gasteiger partial charge is 0.350 e. The van der Waals surface area contributed by atoms with E-state index in [2.05, 4.69) is 5.10 Å². The molecule has 3 aromatic heterocycles. The van der Waals surface area contributed by atoms with E-state index in [9.17, 15) is 9.59 Å². The number of rotatable bonds is 3. The minimum atomic E-state index is -1.10. The van der Waals surface area contributed by atoms with Gasteiger partial charge in [-0.15, -0.1) is 5.10 Å². The van der Waals surface area contributed by atoms with Gasteiger partial charge in [0.1, 0.15) is 17.9 Å². The molecular weight excluding hydrogens is 250 g/mol.